The molecule has 69 heavy (non-hydrogen) atoms. The van der Waals surface area contributed by atoms with E-state index in [1.807, 2.05) is 56.5 Å². The molecular formula is C52H75N5O12. The summed E-state index contributed by atoms with van der Waals surface area (Å²) in [4.78, 5) is 70.5. The van der Waals surface area contributed by atoms with Gasteiger partial charge in [-0.25, -0.2) is 9.78 Å². The molecule has 3 aromatic rings. The number of methoxy groups -OCH3 is 1. The average Bonchev–Trinajstić information content (AvgIpc) is 4.08. The summed E-state index contributed by atoms with van der Waals surface area (Å²) in [5.41, 5.74) is -0.668. The summed E-state index contributed by atoms with van der Waals surface area (Å²) in [6.07, 6.45) is 6.75. The average molecular weight is 962 g/mol. The van der Waals surface area contributed by atoms with E-state index < -0.39 is 95.2 Å². The lowest BCUT2D eigenvalue weighted by atomic mass is 9.73. The van der Waals surface area contributed by atoms with E-state index in [0.29, 0.717) is 38.0 Å². The third kappa shape index (κ3) is 11.6. The first-order valence-electron chi connectivity index (χ1n) is 24.5. The predicted octanol–water partition coefficient (Wildman–Crippen LogP) is 7.05. The molecule has 14 atom stereocenters. The van der Waals surface area contributed by atoms with Crippen LogP contribution in [0.2, 0.25) is 0 Å². The van der Waals surface area contributed by atoms with Crippen LogP contribution in [-0.4, -0.2) is 140 Å². The van der Waals surface area contributed by atoms with Crippen molar-refractivity contribution in [3.63, 3.8) is 0 Å². The minimum Gasteiger partial charge on any atom is -0.472 e. The molecule has 6 rings (SSSR count). The van der Waals surface area contributed by atoms with Crippen LogP contribution in [0.5, 0.6) is 0 Å². The number of carbonyl (C=O) groups is 4. The molecule has 6 heterocycles. The van der Waals surface area contributed by atoms with Crippen molar-refractivity contribution < 1.29 is 57.1 Å². The van der Waals surface area contributed by atoms with E-state index >= 15 is 4.79 Å². The van der Waals surface area contributed by atoms with Gasteiger partial charge in [0.15, 0.2) is 11.4 Å². The van der Waals surface area contributed by atoms with Gasteiger partial charge < -0.3 is 47.4 Å². The van der Waals surface area contributed by atoms with Gasteiger partial charge in [-0.1, -0.05) is 39.8 Å². The van der Waals surface area contributed by atoms with Gasteiger partial charge in [0.25, 0.3) is 0 Å². The zero-order valence-electron chi connectivity index (χ0n) is 42.4. The Morgan fingerprint density at radius 2 is 1.78 bits per heavy atom. The topological polar surface area (TPSA) is 194 Å². The van der Waals surface area contributed by atoms with Crippen LogP contribution in [0, 0.1) is 23.7 Å². The Morgan fingerprint density at radius 3 is 2.43 bits per heavy atom. The molecule has 3 saturated heterocycles. The number of aromatic nitrogens is 3. The highest BCUT2D eigenvalue weighted by Crippen LogP contribution is 2.45. The van der Waals surface area contributed by atoms with Crippen LogP contribution < -0.4 is 0 Å². The molecule has 17 nitrogen and oxygen atoms in total. The number of rotatable bonds is 16. The molecule has 1 unspecified atom stereocenters. The third-order valence-electron chi connectivity index (χ3n) is 14.9. The molecule has 3 fully saturated rings. The van der Waals surface area contributed by atoms with Crippen molar-refractivity contribution in [2.75, 3.05) is 27.2 Å². The fourth-order valence-corrected chi connectivity index (χ4v) is 11.1. The molecule has 3 aromatic heterocycles. The summed E-state index contributed by atoms with van der Waals surface area (Å²) < 4.78 is 46.4. The number of hydrogen-bond acceptors (Lipinski definition) is 15. The minimum absolute atomic E-state index is 0.0950. The number of cyclic esters (lactones) is 1. The highest BCUT2D eigenvalue weighted by Gasteiger charge is 2.61. The molecule has 0 radical (unpaired) electrons. The number of hydrogen-bond donors (Lipinski definition) is 1. The van der Waals surface area contributed by atoms with Crippen molar-refractivity contribution in [2.24, 2.45) is 23.7 Å². The van der Waals surface area contributed by atoms with E-state index in [0.717, 1.165) is 11.3 Å². The van der Waals surface area contributed by atoms with Gasteiger partial charge in [0.2, 0.25) is 0 Å². The van der Waals surface area contributed by atoms with Crippen molar-refractivity contribution in [1.82, 2.24) is 24.3 Å². The number of aliphatic hydroxyl groups excluding tert-OH is 1. The molecule has 0 saturated carbocycles. The molecule has 0 aromatic carbocycles. The van der Waals surface area contributed by atoms with Crippen LogP contribution in [0.15, 0.2) is 72.6 Å². The molecule has 17 heteroatoms. The maximum absolute atomic E-state index is 15.1. The van der Waals surface area contributed by atoms with Crippen LogP contribution >= 0.6 is 0 Å². The number of fused-ring (bicyclic) bond motifs is 1. The summed E-state index contributed by atoms with van der Waals surface area (Å²) in [5, 5.41) is 12.2. The number of likely N-dealkylation sites (N-methyl/N-ethyl adjacent to an activating group) is 1. The monoisotopic (exact) mass is 962 g/mol. The normalized spacial score (nSPS) is 34.7. The Labute approximate surface area is 407 Å². The first kappa shape index (κ1) is 53.4. The molecule has 380 valence electrons. The van der Waals surface area contributed by atoms with Gasteiger partial charge in [0.1, 0.15) is 24.1 Å². The summed E-state index contributed by atoms with van der Waals surface area (Å²) in [7, 11) is 3.42. The fourth-order valence-electron chi connectivity index (χ4n) is 11.1. The zero-order chi connectivity index (χ0) is 50.4. The predicted molar refractivity (Wildman–Crippen MR) is 255 cm³/mol. The van der Waals surface area contributed by atoms with Crippen molar-refractivity contribution >= 4 is 23.8 Å². The second kappa shape index (κ2) is 22.4. The van der Waals surface area contributed by atoms with Crippen molar-refractivity contribution in [2.45, 2.75) is 167 Å². The summed E-state index contributed by atoms with van der Waals surface area (Å²) in [6.45, 7) is 21.3. The molecule has 0 aliphatic carbocycles. The second-order valence-corrected chi connectivity index (χ2v) is 20.1. The van der Waals surface area contributed by atoms with E-state index in [1.54, 1.807) is 88.8 Å². The minimum atomic E-state index is -1.65. The molecular weight excluding hydrogens is 887 g/mol. The number of aryl methyl sites for hydroxylation is 1. The van der Waals surface area contributed by atoms with Crippen molar-refractivity contribution in [3.05, 3.63) is 73.9 Å². The lowest BCUT2D eigenvalue weighted by Crippen LogP contribution is -2.65. The highest BCUT2D eigenvalue weighted by molar-refractivity contribution is 5.85. The largest absolute Gasteiger partial charge is 0.472 e. The van der Waals surface area contributed by atoms with Gasteiger partial charge in [-0.15, -0.1) is 6.58 Å². The van der Waals surface area contributed by atoms with E-state index in [-0.39, 0.29) is 37.7 Å². The first-order valence-corrected chi connectivity index (χ1v) is 24.5. The lowest BCUT2D eigenvalue weighted by Gasteiger charge is -2.52. The maximum atomic E-state index is 15.1. The van der Waals surface area contributed by atoms with Crippen LogP contribution in [0.1, 0.15) is 100 Å². The molecule has 3 aliphatic heterocycles. The number of esters is 2. The van der Waals surface area contributed by atoms with Crippen LogP contribution in [-0.2, 0) is 55.8 Å². The summed E-state index contributed by atoms with van der Waals surface area (Å²) in [6, 6.07) is 5.84. The number of Topliss-reactive ketones (excluding diaryl/α,β-unsaturated/α-hetero) is 1. The summed E-state index contributed by atoms with van der Waals surface area (Å²) >= 11 is 0. The number of nitrogens with zero attached hydrogens (tertiary/aromatic N) is 5. The summed E-state index contributed by atoms with van der Waals surface area (Å²) in [5.74, 6) is -6.63. The highest BCUT2D eigenvalue weighted by atomic mass is 16.7. The Morgan fingerprint density at radius 1 is 1.04 bits per heavy atom. The first-order chi connectivity index (χ1) is 32.7. The van der Waals surface area contributed by atoms with Crippen LogP contribution in [0.25, 0.3) is 11.3 Å². The molecule has 1 amide bonds. The number of ketones is 1. The molecule has 0 bridgehead atoms. The number of amides is 1. The van der Waals surface area contributed by atoms with E-state index in [4.69, 9.17) is 32.8 Å². The quantitative estimate of drug-likeness (QED) is 0.0664. The number of unbranched alkanes of at least 4 members (excludes halogenated alkanes) is 1. The number of furan rings is 1. The van der Waals surface area contributed by atoms with Gasteiger partial charge >= 0.3 is 18.0 Å². The standard InChI is InChI=1S/C52H75N5O12/c1-13-22-55(11)40-26-33(4)67-52(10,46(40)60)68-47-35(6)44(66-42(58)27-38-19-15-16-21-53-38)36(7)48(61)65-41(14-2)51(9)45(34(5)43(59)32(3)28-50(47,8)63-12)57(49(62)69-51)24-18-17-23-56-29-39(54-31-56)37-20-25-64-30-37/h13,15-16,19-21,25,29-36,40-41,44-47,60H,1,14,17-18,22-24,26-28H2,2-12H3/t32-,33-,34+,35+,36-,40+,41-,44?,45-,46-,47-,50-,51-,52+/m1/s1. The molecule has 3 aliphatic rings. The van der Waals surface area contributed by atoms with Gasteiger partial charge in [0, 0.05) is 68.5 Å². The molecule has 0 spiro atoms. The smallest absolute Gasteiger partial charge is 0.410 e. The Hall–Kier alpha value is -4.94. The van der Waals surface area contributed by atoms with Gasteiger partial charge in [-0.3, -0.25) is 24.3 Å². The Balaban J connectivity index is 1.37. The van der Waals surface area contributed by atoms with E-state index in [1.165, 1.54) is 7.11 Å². The number of aliphatic hydroxyl groups is 1. The van der Waals surface area contributed by atoms with Crippen molar-refractivity contribution in [3.8, 4) is 11.3 Å². The third-order valence-corrected chi connectivity index (χ3v) is 14.9. The van der Waals surface area contributed by atoms with Crippen LogP contribution in [0.3, 0.4) is 0 Å². The Kier molecular flexibility index (Phi) is 17.4. The number of ether oxygens (including phenoxy) is 6. The van der Waals surface area contributed by atoms with Gasteiger partial charge in [-0.05, 0) is 92.0 Å². The van der Waals surface area contributed by atoms with Crippen molar-refractivity contribution in [1.29, 1.82) is 0 Å². The second-order valence-electron chi connectivity index (χ2n) is 20.1. The van der Waals surface area contributed by atoms with E-state index in [9.17, 15) is 19.5 Å². The van der Waals surface area contributed by atoms with Gasteiger partial charge in [0.05, 0.1) is 66.4 Å². The molecule has 1 N–H and O–H groups in total. The van der Waals surface area contributed by atoms with Crippen LogP contribution in [0.4, 0.5) is 4.79 Å². The van der Waals surface area contributed by atoms with Gasteiger partial charge in [-0.2, -0.15) is 0 Å². The number of pyridine rings is 1. The zero-order valence-corrected chi connectivity index (χ0v) is 42.4. The lowest BCUT2D eigenvalue weighted by molar-refractivity contribution is -0.358. The fraction of sp³-hybridized carbons (Fsp3) is 0.654. The van der Waals surface area contributed by atoms with E-state index in [2.05, 4.69) is 16.5 Å². The number of carbonyl (C=O) groups excluding carboxylic acids is 4. The Bertz CT molecular complexity index is 2200. The number of imidazole rings is 1. The maximum Gasteiger partial charge on any atom is 0.410 e. The SMILES string of the molecule is C=CCN(C)[C@H]1C[C@@H](C)O[C@@](C)(O[C@@H]2[C@@H](C)C(OC(=O)Cc3ccccn3)[C@@H](C)C(=O)O[C@H](CC)[C@@]3(C)OC(=O)N(CCCCn4cnc(-c5ccoc5)c4)[C@@H]3[C@@H](C)C(=O)[C@H](C)C[C@@]2(C)OC)[C@@H]1O.